The molecule has 21 heavy (non-hydrogen) atoms. The van der Waals surface area contributed by atoms with E-state index in [9.17, 15) is 4.79 Å². The monoisotopic (exact) mass is 294 g/mol. The summed E-state index contributed by atoms with van der Waals surface area (Å²) in [6.45, 7) is 10.8. The maximum Gasteiger partial charge on any atom is 0.322 e. The number of carbonyl (C=O) groups is 1. The van der Waals surface area contributed by atoms with Gasteiger partial charge in [0.15, 0.2) is 0 Å². The quantitative estimate of drug-likeness (QED) is 0.928. The van der Waals surface area contributed by atoms with Gasteiger partial charge in [-0.15, -0.1) is 0 Å². The van der Waals surface area contributed by atoms with E-state index in [4.69, 9.17) is 4.74 Å². The van der Waals surface area contributed by atoms with Gasteiger partial charge in [0.25, 0.3) is 0 Å². The number of carbonyl (C=O) groups excluding carboxylic acids is 1. The van der Waals surface area contributed by atoms with Crippen LogP contribution in [-0.2, 0) is 11.3 Å². The first-order valence-electron chi connectivity index (χ1n) is 7.78. The molecule has 1 atom stereocenters. The molecule has 2 heterocycles. The van der Waals surface area contributed by atoms with Crippen LogP contribution in [0.3, 0.4) is 0 Å². The number of nitrogens with one attached hydrogen (secondary N) is 1. The van der Waals surface area contributed by atoms with E-state index in [2.05, 4.69) is 17.3 Å². The van der Waals surface area contributed by atoms with Crippen LogP contribution in [0.4, 0.5) is 10.5 Å². The smallest absolute Gasteiger partial charge is 0.322 e. The fraction of sp³-hybridized carbons (Fsp3) is 0.733. The number of aryl methyl sites for hydroxylation is 2. The van der Waals surface area contributed by atoms with E-state index in [1.54, 1.807) is 0 Å². The van der Waals surface area contributed by atoms with Crippen LogP contribution in [0.25, 0.3) is 0 Å². The van der Waals surface area contributed by atoms with Gasteiger partial charge in [-0.3, -0.25) is 4.68 Å². The second kappa shape index (κ2) is 6.93. The Bertz CT molecular complexity index is 496. The third kappa shape index (κ3) is 3.56. The Morgan fingerprint density at radius 2 is 2.19 bits per heavy atom. The molecule has 1 saturated heterocycles. The van der Waals surface area contributed by atoms with Crippen molar-refractivity contribution >= 4 is 11.7 Å². The zero-order chi connectivity index (χ0) is 15.4. The molecule has 1 N–H and O–H groups in total. The molecule has 0 saturated carbocycles. The van der Waals surface area contributed by atoms with Gasteiger partial charge in [0.1, 0.15) is 0 Å². The largest absolute Gasteiger partial charge is 0.375 e. The predicted octanol–water partition coefficient (Wildman–Crippen LogP) is 2.55. The molecule has 0 bridgehead atoms. The van der Waals surface area contributed by atoms with Gasteiger partial charge in [-0.25, -0.2) is 4.79 Å². The topological polar surface area (TPSA) is 59.4 Å². The van der Waals surface area contributed by atoms with Crippen molar-refractivity contribution in [2.24, 2.45) is 0 Å². The Labute approximate surface area is 126 Å². The lowest BCUT2D eigenvalue weighted by atomic mass is 10.2. The fourth-order valence-electron chi connectivity index (χ4n) is 2.77. The number of ether oxygens (including phenoxy) is 1. The molecule has 0 spiro atoms. The number of amides is 2. The Hall–Kier alpha value is -1.56. The molecule has 0 aliphatic carbocycles. The van der Waals surface area contributed by atoms with E-state index in [-0.39, 0.29) is 12.1 Å². The van der Waals surface area contributed by atoms with Crippen LogP contribution in [0, 0.1) is 13.8 Å². The van der Waals surface area contributed by atoms with Gasteiger partial charge < -0.3 is 15.0 Å². The van der Waals surface area contributed by atoms with Gasteiger partial charge in [0.2, 0.25) is 0 Å². The van der Waals surface area contributed by atoms with Gasteiger partial charge in [0, 0.05) is 19.6 Å². The van der Waals surface area contributed by atoms with E-state index >= 15 is 0 Å². The number of hydrogen-bond acceptors (Lipinski definition) is 3. The normalized spacial score (nSPS) is 18.9. The summed E-state index contributed by atoms with van der Waals surface area (Å²) in [5.41, 5.74) is 2.70. The summed E-state index contributed by atoms with van der Waals surface area (Å²) in [7, 11) is 0. The molecule has 6 heteroatoms. The minimum absolute atomic E-state index is 0.0544. The highest BCUT2D eigenvalue weighted by molar-refractivity contribution is 5.90. The van der Waals surface area contributed by atoms with Gasteiger partial charge in [-0.1, -0.05) is 13.3 Å². The van der Waals surface area contributed by atoms with Crippen molar-refractivity contribution < 1.29 is 9.53 Å². The summed E-state index contributed by atoms with van der Waals surface area (Å²) >= 11 is 0. The molecule has 6 nitrogen and oxygen atoms in total. The molecule has 0 aromatic carbocycles. The Kier molecular flexibility index (Phi) is 5.22. The molecule has 1 aromatic rings. The minimum Gasteiger partial charge on any atom is -0.375 e. The second-order valence-corrected chi connectivity index (χ2v) is 5.52. The summed E-state index contributed by atoms with van der Waals surface area (Å²) in [6.07, 6.45) is 2.23. The van der Waals surface area contributed by atoms with Crippen LogP contribution in [0.15, 0.2) is 0 Å². The summed E-state index contributed by atoms with van der Waals surface area (Å²) in [6, 6.07) is -0.0544. The molecular formula is C15H26N4O2. The average molecular weight is 294 g/mol. The maximum absolute atomic E-state index is 12.4. The molecule has 1 aliphatic rings. The molecule has 1 fully saturated rings. The Balaban J connectivity index is 2.02. The maximum atomic E-state index is 12.4. The van der Waals surface area contributed by atoms with Gasteiger partial charge in [0.05, 0.1) is 29.8 Å². The van der Waals surface area contributed by atoms with E-state index in [0.29, 0.717) is 19.7 Å². The molecule has 1 aromatic heterocycles. The molecule has 2 rings (SSSR count). The van der Waals surface area contributed by atoms with Gasteiger partial charge in [-0.2, -0.15) is 5.10 Å². The van der Waals surface area contributed by atoms with Crippen molar-refractivity contribution in [3.63, 3.8) is 0 Å². The van der Waals surface area contributed by atoms with Crippen LogP contribution in [0.2, 0.25) is 0 Å². The summed E-state index contributed by atoms with van der Waals surface area (Å²) < 4.78 is 7.59. The lowest BCUT2D eigenvalue weighted by molar-refractivity contribution is -0.0162. The standard InChI is InChI=1S/C15H26N4O2/c1-5-7-13-10-18(8-9-21-13)15(20)16-14-11(3)17-19(6-2)12(14)4/h13H,5-10H2,1-4H3,(H,16,20)/t13-/m1/s1. The van der Waals surface area contributed by atoms with Crippen molar-refractivity contribution in [2.75, 3.05) is 25.0 Å². The molecule has 2 amide bonds. The van der Waals surface area contributed by atoms with Crippen LogP contribution in [0.1, 0.15) is 38.1 Å². The molecular weight excluding hydrogens is 268 g/mol. The summed E-state index contributed by atoms with van der Waals surface area (Å²) in [5.74, 6) is 0. The average Bonchev–Trinajstić information content (AvgIpc) is 2.75. The third-order valence-electron chi connectivity index (χ3n) is 3.95. The minimum atomic E-state index is -0.0544. The first-order valence-corrected chi connectivity index (χ1v) is 7.78. The Morgan fingerprint density at radius 3 is 2.81 bits per heavy atom. The van der Waals surface area contributed by atoms with E-state index in [1.165, 1.54) is 0 Å². The highest BCUT2D eigenvalue weighted by Crippen LogP contribution is 2.20. The van der Waals surface area contributed by atoms with Crippen LogP contribution >= 0.6 is 0 Å². The number of morpholine rings is 1. The predicted molar refractivity (Wildman–Crippen MR) is 82.6 cm³/mol. The van der Waals surface area contributed by atoms with Crippen LogP contribution in [0.5, 0.6) is 0 Å². The summed E-state index contributed by atoms with van der Waals surface area (Å²) in [4.78, 5) is 14.3. The highest BCUT2D eigenvalue weighted by Gasteiger charge is 2.25. The van der Waals surface area contributed by atoms with Gasteiger partial charge >= 0.3 is 6.03 Å². The number of rotatable bonds is 4. The SMILES string of the molecule is CCC[C@@H]1CN(C(=O)Nc2c(C)nn(CC)c2C)CCO1. The third-order valence-corrected chi connectivity index (χ3v) is 3.95. The lowest BCUT2D eigenvalue weighted by Crippen LogP contribution is -2.47. The second-order valence-electron chi connectivity index (χ2n) is 5.52. The van der Waals surface area contributed by atoms with E-state index in [0.717, 1.165) is 36.5 Å². The van der Waals surface area contributed by atoms with E-state index in [1.807, 2.05) is 30.4 Å². The molecule has 1 aliphatic heterocycles. The van der Waals surface area contributed by atoms with Crippen molar-refractivity contribution in [1.29, 1.82) is 0 Å². The van der Waals surface area contributed by atoms with Crippen molar-refractivity contribution in [1.82, 2.24) is 14.7 Å². The number of aromatic nitrogens is 2. The fourth-order valence-corrected chi connectivity index (χ4v) is 2.77. The molecule has 0 radical (unpaired) electrons. The number of nitrogens with zero attached hydrogens (tertiary/aromatic N) is 3. The lowest BCUT2D eigenvalue weighted by Gasteiger charge is -2.32. The first-order chi connectivity index (χ1) is 10.1. The number of anilines is 1. The van der Waals surface area contributed by atoms with Crippen molar-refractivity contribution in [3.05, 3.63) is 11.4 Å². The van der Waals surface area contributed by atoms with Gasteiger partial charge in [-0.05, 0) is 27.2 Å². The van der Waals surface area contributed by atoms with E-state index < -0.39 is 0 Å². The summed E-state index contributed by atoms with van der Waals surface area (Å²) in [5, 5.41) is 7.44. The zero-order valence-corrected chi connectivity index (χ0v) is 13.5. The zero-order valence-electron chi connectivity index (χ0n) is 13.5. The highest BCUT2D eigenvalue weighted by atomic mass is 16.5. The van der Waals surface area contributed by atoms with Crippen molar-refractivity contribution in [3.8, 4) is 0 Å². The number of hydrogen-bond donors (Lipinski definition) is 1. The number of urea groups is 1. The Morgan fingerprint density at radius 1 is 1.43 bits per heavy atom. The molecule has 118 valence electrons. The molecule has 0 unspecified atom stereocenters. The van der Waals surface area contributed by atoms with Crippen LogP contribution < -0.4 is 5.32 Å². The van der Waals surface area contributed by atoms with Crippen LogP contribution in [-0.4, -0.2) is 46.5 Å². The van der Waals surface area contributed by atoms with Crippen molar-refractivity contribution in [2.45, 2.75) is 53.2 Å². The first kappa shape index (κ1) is 15.8.